The van der Waals surface area contributed by atoms with Crippen LogP contribution in [0, 0.1) is 6.92 Å². The minimum absolute atomic E-state index is 0.0654. The summed E-state index contributed by atoms with van der Waals surface area (Å²) in [5.74, 6) is -1.14. The van der Waals surface area contributed by atoms with Gasteiger partial charge in [0.1, 0.15) is 11.3 Å². The highest BCUT2D eigenvalue weighted by Crippen LogP contribution is 2.32. The van der Waals surface area contributed by atoms with Crippen LogP contribution in [0.25, 0.3) is 0 Å². The standard InChI is InChI=1S/C12H14O3/c1-7-9-5-3-2-4-8(9)6-10(13)11(7)12(14)15/h6,13H,2-5H2,1H3,(H,14,15). The van der Waals surface area contributed by atoms with Gasteiger partial charge in [0.15, 0.2) is 0 Å². The average molecular weight is 206 g/mol. The smallest absolute Gasteiger partial charge is 0.339 e. The first-order valence-corrected chi connectivity index (χ1v) is 5.19. The molecular weight excluding hydrogens is 192 g/mol. The van der Waals surface area contributed by atoms with Crippen LogP contribution in [0.5, 0.6) is 5.75 Å². The van der Waals surface area contributed by atoms with E-state index in [9.17, 15) is 9.90 Å². The summed E-state index contributed by atoms with van der Waals surface area (Å²) in [5, 5.41) is 18.6. The highest BCUT2D eigenvalue weighted by Gasteiger charge is 2.20. The summed E-state index contributed by atoms with van der Waals surface area (Å²) >= 11 is 0. The van der Waals surface area contributed by atoms with Crippen LogP contribution in [0.3, 0.4) is 0 Å². The van der Waals surface area contributed by atoms with Gasteiger partial charge in [-0.05, 0) is 55.4 Å². The molecule has 3 heteroatoms. The SMILES string of the molecule is Cc1c2c(cc(O)c1C(=O)O)CCCC2. The molecule has 15 heavy (non-hydrogen) atoms. The Balaban J connectivity index is 2.64. The van der Waals surface area contributed by atoms with Gasteiger partial charge in [0.05, 0.1) is 0 Å². The monoisotopic (exact) mass is 206 g/mol. The number of fused-ring (bicyclic) bond motifs is 1. The van der Waals surface area contributed by atoms with Gasteiger partial charge in [-0.3, -0.25) is 0 Å². The number of carboxylic acid groups (broad SMARTS) is 1. The van der Waals surface area contributed by atoms with E-state index in [0.717, 1.165) is 42.4 Å². The number of rotatable bonds is 1. The zero-order valence-electron chi connectivity index (χ0n) is 8.71. The van der Waals surface area contributed by atoms with Crippen molar-refractivity contribution in [3.63, 3.8) is 0 Å². The number of aryl methyl sites for hydroxylation is 1. The molecule has 0 amide bonds. The molecule has 0 fully saturated rings. The molecule has 80 valence electrons. The molecule has 0 bridgehead atoms. The van der Waals surface area contributed by atoms with E-state index in [1.54, 1.807) is 13.0 Å². The van der Waals surface area contributed by atoms with E-state index in [-0.39, 0.29) is 11.3 Å². The first-order valence-electron chi connectivity index (χ1n) is 5.19. The summed E-state index contributed by atoms with van der Waals surface area (Å²) in [5.41, 5.74) is 3.03. The molecule has 0 saturated heterocycles. The summed E-state index contributed by atoms with van der Waals surface area (Å²) in [6.45, 7) is 1.79. The Morgan fingerprint density at radius 3 is 2.67 bits per heavy atom. The number of hydrogen-bond donors (Lipinski definition) is 2. The first-order chi connectivity index (χ1) is 7.11. The third-order valence-electron chi connectivity index (χ3n) is 3.12. The van der Waals surface area contributed by atoms with Gasteiger partial charge in [-0.15, -0.1) is 0 Å². The third-order valence-corrected chi connectivity index (χ3v) is 3.12. The molecule has 2 rings (SSSR count). The van der Waals surface area contributed by atoms with Crippen molar-refractivity contribution in [2.45, 2.75) is 32.6 Å². The fourth-order valence-corrected chi connectivity index (χ4v) is 2.37. The van der Waals surface area contributed by atoms with Crippen molar-refractivity contribution in [3.05, 3.63) is 28.3 Å². The predicted octanol–water partition coefficient (Wildman–Crippen LogP) is 2.28. The minimum Gasteiger partial charge on any atom is -0.507 e. The Bertz CT molecular complexity index is 421. The van der Waals surface area contributed by atoms with Crippen molar-refractivity contribution in [2.24, 2.45) is 0 Å². The maximum atomic E-state index is 11.0. The number of benzene rings is 1. The van der Waals surface area contributed by atoms with Gasteiger partial charge in [0.2, 0.25) is 0 Å². The summed E-state index contributed by atoms with van der Waals surface area (Å²) in [6.07, 6.45) is 4.11. The second-order valence-electron chi connectivity index (χ2n) is 4.05. The summed E-state index contributed by atoms with van der Waals surface area (Å²) in [7, 11) is 0. The van der Waals surface area contributed by atoms with E-state index in [1.807, 2.05) is 0 Å². The second kappa shape index (κ2) is 3.57. The Hall–Kier alpha value is -1.51. The zero-order valence-corrected chi connectivity index (χ0v) is 8.71. The molecule has 0 unspecified atom stereocenters. The molecule has 0 heterocycles. The van der Waals surface area contributed by atoms with Crippen molar-refractivity contribution in [1.82, 2.24) is 0 Å². The number of aromatic carboxylic acids is 1. The van der Waals surface area contributed by atoms with Crippen molar-refractivity contribution in [1.29, 1.82) is 0 Å². The van der Waals surface area contributed by atoms with Crippen molar-refractivity contribution in [3.8, 4) is 5.75 Å². The van der Waals surface area contributed by atoms with Gasteiger partial charge in [0.25, 0.3) is 0 Å². The largest absolute Gasteiger partial charge is 0.507 e. The molecule has 0 aliphatic heterocycles. The fraction of sp³-hybridized carbons (Fsp3) is 0.417. The van der Waals surface area contributed by atoms with Crippen LogP contribution in [0.4, 0.5) is 0 Å². The summed E-state index contributed by atoms with van der Waals surface area (Å²) in [6, 6.07) is 1.62. The summed E-state index contributed by atoms with van der Waals surface area (Å²) < 4.78 is 0. The normalized spacial score (nSPS) is 14.7. The van der Waals surface area contributed by atoms with Crippen LogP contribution in [0.1, 0.15) is 39.9 Å². The molecular formula is C12H14O3. The number of carboxylic acids is 1. The Morgan fingerprint density at radius 1 is 1.33 bits per heavy atom. The molecule has 0 saturated carbocycles. The maximum Gasteiger partial charge on any atom is 0.339 e. The lowest BCUT2D eigenvalue weighted by Crippen LogP contribution is -2.10. The molecule has 1 aromatic carbocycles. The third kappa shape index (κ3) is 1.58. The average Bonchev–Trinajstić information content (AvgIpc) is 2.17. The molecule has 0 aromatic heterocycles. The van der Waals surface area contributed by atoms with Crippen LogP contribution >= 0.6 is 0 Å². The first kappa shape index (κ1) is 10.0. The number of aromatic hydroxyl groups is 1. The molecule has 1 aliphatic carbocycles. The molecule has 2 N–H and O–H groups in total. The van der Waals surface area contributed by atoms with Crippen LogP contribution in [0.15, 0.2) is 6.07 Å². The second-order valence-corrected chi connectivity index (χ2v) is 4.05. The fourth-order valence-electron chi connectivity index (χ4n) is 2.37. The molecule has 3 nitrogen and oxygen atoms in total. The van der Waals surface area contributed by atoms with Gasteiger partial charge in [-0.25, -0.2) is 4.79 Å². The number of carbonyl (C=O) groups is 1. The predicted molar refractivity (Wildman–Crippen MR) is 56.4 cm³/mol. The molecule has 0 atom stereocenters. The van der Waals surface area contributed by atoms with Crippen molar-refractivity contribution >= 4 is 5.97 Å². The topological polar surface area (TPSA) is 57.5 Å². The van der Waals surface area contributed by atoms with E-state index in [4.69, 9.17) is 5.11 Å². The van der Waals surface area contributed by atoms with E-state index in [2.05, 4.69) is 0 Å². The number of phenols is 1. The lowest BCUT2D eigenvalue weighted by atomic mass is 9.86. The van der Waals surface area contributed by atoms with Crippen LogP contribution in [-0.4, -0.2) is 16.2 Å². The van der Waals surface area contributed by atoms with Gasteiger partial charge < -0.3 is 10.2 Å². The van der Waals surface area contributed by atoms with Crippen molar-refractivity contribution < 1.29 is 15.0 Å². The maximum absolute atomic E-state index is 11.0. The van der Waals surface area contributed by atoms with Crippen LogP contribution in [-0.2, 0) is 12.8 Å². The molecule has 1 aromatic rings. The lowest BCUT2D eigenvalue weighted by molar-refractivity contribution is 0.0692. The highest BCUT2D eigenvalue weighted by atomic mass is 16.4. The summed E-state index contributed by atoms with van der Waals surface area (Å²) in [4.78, 5) is 11.0. The van der Waals surface area contributed by atoms with E-state index in [1.165, 1.54) is 0 Å². The van der Waals surface area contributed by atoms with Gasteiger partial charge in [0, 0.05) is 0 Å². The zero-order chi connectivity index (χ0) is 11.0. The van der Waals surface area contributed by atoms with Gasteiger partial charge >= 0.3 is 5.97 Å². The molecule has 0 spiro atoms. The van der Waals surface area contributed by atoms with Gasteiger partial charge in [-0.1, -0.05) is 0 Å². The van der Waals surface area contributed by atoms with Gasteiger partial charge in [-0.2, -0.15) is 0 Å². The van der Waals surface area contributed by atoms with E-state index < -0.39 is 5.97 Å². The Kier molecular flexibility index (Phi) is 2.39. The number of hydrogen-bond acceptors (Lipinski definition) is 2. The quantitative estimate of drug-likeness (QED) is 0.741. The minimum atomic E-state index is -1.04. The van der Waals surface area contributed by atoms with Crippen molar-refractivity contribution in [2.75, 3.05) is 0 Å². The van der Waals surface area contributed by atoms with Crippen LogP contribution in [0.2, 0.25) is 0 Å². The van der Waals surface area contributed by atoms with E-state index >= 15 is 0 Å². The highest BCUT2D eigenvalue weighted by molar-refractivity contribution is 5.93. The Labute approximate surface area is 88.4 Å². The Morgan fingerprint density at radius 2 is 2.00 bits per heavy atom. The lowest BCUT2D eigenvalue weighted by Gasteiger charge is -2.20. The molecule has 1 aliphatic rings. The van der Waals surface area contributed by atoms with Crippen LogP contribution < -0.4 is 0 Å². The molecule has 0 radical (unpaired) electrons. The van der Waals surface area contributed by atoms with E-state index in [0.29, 0.717) is 0 Å².